The predicted octanol–water partition coefficient (Wildman–Crippen LogP) is 1.76. The minimum Gasteiger partial charge on any atom is -0.329 e. The summed E-state index contributed by atoms with van der Waals surface area (Å²) in [5.41, 5.74) is 1.23. The molecule has 0 aliphatic carbocycles. The fourth-order valence-electron chi connectivity index (χ4n) is 1.99. The van der Waals surface area contributed by atoms with Crippen LogP contribution in [0.4, 0.5) is 0 Å². The number of aromatic amines is 1. The number of rotatable bonds is 2. The van der Waals surface area contributed by atoms with Crippen molar-refractivity contribution in [2.24, 2.45) is 5.92 Å². The lowest BCUT2D eigenvalue weighted by molar-refractivity contribution is 0.372. The Hall–Kier alpha value is -0.510. The maximum Gasteiger partial charge on any atom is 0.247 e. The largest absolute Gasteiger partial charge is 0.329 e. The van der Waals surface area contributed by atoms with Crippen LogP contribution in [-0.2, 0) is 6.42 Å². The summed E-state index contributed by atoms with van der Waals surface area (Å²) in [6, 6.07) is 3.54. The normalized spacial score (nSPS) is 16.0. The number of nitrogens with one attached hydrogen (secondary N) is 2. The van der Waals surface area contributed by atoms with E-state index in [-0.39, 0.29) is 30.4 Å². The summed E-state index contributed by atoms with van der Waals surface area (Å²) < 4.78 is 0. The molecule has 2 heterocycles. The van der Waals surface area contributed by atoms with Crippen LogP contribution in [-0.4, -0.2) is 18.1 Å². The summed E-state index contributed by atoms with van der Waals surface area (Å²) in [4.78, 5) is 13.6. The fraction of sp³-hybridized carbons (Fsp3) is 0.545. The highest BCUT2D eigenvalue weighted by Crippen LogP contribution is 2.16. The number of halogens is 2. The maximum atomic E-state index is 10.8. The van der Waals surface area contributed by atoms with E-state index >= 15 is 0 Å². The number of hydrogen-bond donors (Lipinski definition) is 2. The van der Waals surface area contributed by atoms with E-state index in [1.54, 1.807) is 6.07 Å². The van der Waals surface area contributed by atoms with Gasteiger partial charge in [0.25, 0.3) is 0 Å². The zero-order valence-electron chi connectivity index (χ0n) is 9.07. The average molecular weight is 265 g/mol. The van der Waals surface area contributed by atoms with E-state index < -0.39 is 0 Å². The van der Waals surface area contributed by atoms with Gasteiger partial charge in [-0.15, -0.1) is 24.8 Å². The van der Waals surface area contributed by atoms with Crippen molar-refractivity contribution in [2.75, 3.05) is 13.1 Å². The second kappa shape index (κ2) is 7.71. The van der Waals surface area contributed by atoms with Crippen LogP contribution in [0.15, 0.2) is 23.1 Å². The Labute approximate surface area is 108 Å². The standard InChI is InChI=1S/C11H16N2O.2ClH/c14-11-2-1-10(8-13-11)7-9-3-5-12-6-4-9;;/h1-2,8-9,12H,3-7H2,(H,13,14);2*1H. The third kappa shape index (κ3) is 4.56. The van der Waals surface area contributed by atoms with E-state index in [1.165, 1.54) is 18.4 Å². The first-order valence-electron chi connectivity index (χ1n) is 5.23. The Balaban J connectivity index is 0.00000112. The van der Waals surface area contributed by atoms with Gasteiger partial charge in [0.05, 0.1) is 0 Å². The van der Waals surface area contributed by atoms with Gasteiger partial charge >= 0.3 is 0 Å². The summed E-state index contributed by atoms with van der Waals surface area (Å²) >= 11 is 0. The Bertz CT molecular complexity index is 328. The van der Waals surface area contributed by atoms with Crippen molar-refractivity contribution in [1.82, 2.24) is 10.3 Å². The average Bonchev–Trinajstić information content (AvgIpc) is 2.23. The molecule has 3 nitrogen and oxygen atoms in total. The lowest BCUT2D eigenvalue weighted by Crippen LogP contribution is -2.28. The molecule has 2 N–H and O–H groups in total. The van der Waals surface area contributed by atoms with Crippen LogP contribution in [0.3, 0.4) is 0 Å². The molecule has 0 bridgehead atoms. The van der Waals surface area contributed by atoms with Crippen molar-refractivity contribution >= 4 is 24.8 Å². The molecule has 1 aliphatic heterocycles. The second-order valence-electron chi connectivity index (χ2n) is 3.96. The molecular formula is C11H18Cl2N2O. The van der Waals surface area contributed by atoms with Gasteiger partial charge in [0.2, 0.25) is 5.56 Å². The topological polar surface area (TPSA) is 44.9 Å². The molecule has 92 valence electrons. The number of pyridine rings is 1. The first-order chi connectivity index (χ1) is 6.84. The number of piperidine rings is 1. The van der Waals surface area contributed by atoms with Crippen molar-refractivity contribution in [1.29, 1.82) is 0 Å². The molecule has 0 radical (unpaired) electrons. The summed E-state index contributed by atoms with van der Waals surface area (Å²) in [5.74, 6) is 0.780. The highest BCUT2D eigenvalue weighted by atomic mass is 35.5. The molecule has 0 amide bonds. The predicted molar refractivity (Wildman–Crippen MR) is 70.9 cm³/mol. The van der Waals surface area contributed by atoms with Crippen LogP contribution in [0.2, 0.25) is 0 Å². The lowest BCUT2D eigenvalue weighted by Gasteiger charge is -2.22. The van der Waals surface area contributed by atoms with Crippen LogP contribution < -0.4 is 10.9 Å². The second-order valence-corrected chi connectivity index (χ2v) is 3.96. The molecule has 2 rings (SSSR count). The van der Waals surface area contributed by atoms with Crippen LogP contribution in [0.5, 0.6) is 0 Å². The molecule has 1 saturated heterocycles. The molecule has 0 unspecified atom stereocenters. The van der Waals surface area contributed by atoms with Crippen molar-refractivity contribution in [2.45, 2.75) is 19.3 Å². The van der Waals surface area contributed by atoms with Crippen molar-refractivity contribution in [3.05, 3.63) is 34.2 Å². The lowest BCUT2D eigenvalue weighted by atomic mass is 9.92. The summed E-state index contributed by atoms with van der Waals surface area (Å²) in [6.07, 6.45) is 5.43. The van der Waals surface area contributed by atoms with Gasteiger partial charge in [-0.2, -0.15) is 0 Å². The molecule has 0 aromatic carbocycles. The number of hydrogen-bond acceptors (Lipinski definition) is 2. The Morgan fingerprint density at radius 1 is 1.19 bits per heavy atom. The first kappa shape index (κ1) is 15.5. The molecular weight excluding hydrogens is 247 g/mol. The van der Waals surface area contributed by atoms with Gasteiger partial charge in [0, 0.05) is 12.3 Å². The van der Waals surface area contributed by atoms with E-state index in [0.29, 0.717) is 0 Å². The first-order valence-corrected chi connectivity index (χ1v) is 5.23. The fourth-order valence-corrected chi connectivity index (χ4v) is 1.99. The van der Waals surface area contributed by atoms with Crippen molar-refractivity contribution < 1.29 is 0 Å². The van der Waals surface area contributed by atoms with E-state index in [2.05, 4.69) is 10.3 Å². The highest BCUT2D eigenvalue weighted by molar-refractivity contribution is 5.85. The van der Waals surface area contributed by atoms with Gasteiger partial charge in [-0.05, 0) is 43.8 Å². The zero-order valence-corrected chi connectivity index (χ0v) is 10.7. The molecule has 1 aromatic heterocycles. The zero-order chi connectivity index (χ0) is 9.80. The van der Waals surface area contributed by atoms with Crippen LogP contribution in [0.25, 0.3) is 0 Å². The Morgan fingerprint density at radius 2 is 1.88 bits per heavy atom. The third-order valence-electron chi connectivity index (χ3n) is 2.83. The molecule has 1 aliphatic rings. The van der Waals surface area contributed by atoms with E-state index in [0.717, 1.165) is 25.4 Å². The summed E-state index contributed by atoms with van der Waals surface area (Å²) in [6.45, 7) is 2.27. The van der Waals surface area contributed by atoms with E-state index in [1.807, 2.05) is 12.3 Å². The molecule has 16 heavy (non-hydrogen) atoms. The molecule has 1 aromatic rings. The van der Waals surface area contributed by atoms with Gasteiger partial charge in [-0.1, -0.05) is 6.07 Å². The third-order valence-corrected chi connectivity index (χ3v) is 2.83. The van der Waals surface area contributed by atoms with Crippen LogP contribution >= 0.6 is 24.8 Å². The van der Waals surface area contributed by atoms with Gasteiger partial charge in [-0.3, -0.25) is 4.79 Å². The minimum atomic E-state index is -0.0148. The van der Waals surface area contributed by atoms with Gasteiger partial charge in [0.1, 0.15) is 0 Å². The molecule has 0 saturated carbocycles. The van der Waals surface area contributed by atoms with Crippen LogP contribution in [0.1, 0.15) is 18.4 Å². The molecule has 0 spiro atoms. The van der Waals surface area contributed by atoms with E-state index in [4.69, 9.17) is 0 Å². The smallest absolute Gasteiger partial charge is 0.247 e. The van der Waals surface area contributed by atoms with Gasteiger partial charge in [0.15, 0.2) is 0 Å². The molecule has 0 atom stereocenters. The molecule has 1 fully saturated rings. The van der Waals surface area contributed by atoms with Crippen molar-refractivity contribution in [3.8, 4) is 0 Å². The van der Waals surface area contributed by atoms with E-state index in [9.17, 15) is 4.79 Å². The Kier molecular flexibility index (Phi) is 7.47. The SMILES string of the molecule is Cl.Cl.O=c1ccc(CC2CCNCC2)c[nH]1. The van der Waals surface area contributed by atoms with Gasteiger partial charge < -0.3 is 10.3 Å². The quantitative estimate of drug-likeness (QED) is 0.855. The van der Waals surface area contributed by atoms with Gasteiger partial charge in [-0.25, -0.2) is 0 Å². The monoisotopic (exact) mass is 264 g/mol. The Morgan fingerprint density at radius 3 is 2.44 bits per heavy atom. The minimum absolute atomic E-state index is 0. The molecule has 5 heteroatoms. The number of H-pyrrole nitrogens is 1. The summed E-state index contributed by atoms with van der Waals surface area (Å²) in [5, 5.41) is 3.35. The van der Waals surface area contributed by atoms with Crippen molar-refractivity contribution in [3.63, 3.8) is 0 Å². The highest BCUT2D eigenvalue weighted by Gasteiger charge is 2.13. The summed E-state index contributed by atoms with van der Waals surface area (Å²) in [7, 11) is 0. The van der Waals surface area contributed by atoms with Crippen LogP contribution in [0, 0.1) is 5.92 Å². The number of aromatic nitrogens is 1. The maximum absolute atomic E-state index is 10.8.